The Kier molecular flexibility index (Phi) is 2.95. The topological polar surface area (TPSA) is 81.3 Å². The van der Waals surface area contributed by atoms with Gasteiger partial charge in [-0.2, -0.15) is 5.26 Å². The molecule has 0 amide bonds. The predicted molar refractivity (Wildman–Crippen MR) is 39.2 cm³/mol. The van der Waals surface area contributed by atoms with Crippen molar-refractivity contribution in [2.45, 2.75) is 0 Å². The van der Waals surface area contributed by atoms with Crippen LogP contribution in [-0.2, 0) is 0 Å². The first kappa shape index (κ1) is 8.47. The molecule has 0 saturated heterocycles. The third-order valence-corrected chi connectivity index (χ3v) is 1.04. The summed E-state index contributed by atoms with van der Waals surface area (Å²) in [5.74, 6) is 0. The maximum atomic E-state index is 8.34. The lowest BCUT2D eigenvalue weighted by molar-refractivity contribution is 0.824. The fraction of sp³-hybridized carbons (Fsp3) is 0. The zero-order valence-electron chi connectivity index (χ0n) is 5.33. The summed E-state index contributed by atoms with van der Waals surface area (Å²) in [6.07, 6.45) is 0. The molecule has 0 bridgehead atoms. The van der Waals surface area contributed by atoms with Gasteiger partial charge in [0.25, 0.3) is 0 Å². The molecular weight excluding hydrogens is 128 g/mol. The van der Waals surface area contributed by atoms with E-state index in [1.165, 1.54) is 0 Å². The van der Waals surface area contributed by atoms with E-state index in [-0.39, 0.29) is 5.48 Å². The van der Waals surface area contributed by atoms with Gasteiger partial charge < -0.3 is 11.2 Å². The number of nitrogen functional groups attached to an aromatic ring is 1. The Morgan fingerprint density at radius 3 is 2.10 bits per heavy atom. The van der Waals surface area contributed by atoms with Gasteiger partial charge in [-0.25, -0.2) is 0 Å². The van der Waals surface area contributed by atoms with Crippen LogP contribution in [0.25, 0.3) is 0 Å². The minimum absolute atomic E-state index is 0. The summed E-state index contributed by atoms with van der Waals surface area (Å²) in [6, 6.07) is 8.79. The third kappa shape index (κ3) is 1.77. The SMILES string of the molecule is N#Cc1ccc(N)cc1.O. The van der Waals surface area contributed by atoms with Crippen LogP contribution < -0.4 is 5.73 Å². The van der Waals surface area contributed by atoms with Crippen molar-refractivity contribution < 1.29 is 5.48 Å². The molecule has 0 aliphatic heterocycles. The molecule has 3 heteroatoms. The van der Waals surface area contributed by atoms with E-state index in [9.17, 15) is 0 Å². The molecule has 0 unspecified atom stereocenters. The summed E-state index contributed by atoms with van der Waals surface area (Å²) in [4.78, 5) is 0. The summed E-state index contributed by atoms with van der Waals surface area (Å²) in [5.41, 5.74) is 6.70. The average molecular weight is 136 g/mol. The van der Waals surface area contributed by atoms with E-state index in [0.29, 0.717) is 11.3 Å². The van der Waals surface area contributed by atoms with Crippen molar-refractivity contribution in [2.24, 2.45) is 0 Å². The number of hydrogen-bond acceptors (Lipinski definition) is 2. The molecule has 0 heterocycles. The van der Waals surface area contributed by atoms with Gasteiger partial charge in [-0.1, -0.05) is 0 Å². The molecule has 0 fully saturated rings. The molecule has 1 rings (SSSR count). The molecule has 1 aromatic rings. The number of benzene rings is 1. The van der Waals surface area contributed by atoms with Gasteiger partial charge in [0.1, 0.15) is 0 Å². The van der Waals surface area contributed by atoms with Gasteiger partial charge in [0, 0.05) is 5.69 Å². The van der Waals surface area contributed by atoms with Crippen molar-refractivity contribution in [3.05, 3.63) is 29.8 Å². The summed E-state index contributed by atoms with van der Waals surface area (Å²) < 4.78 is 0. The van der Waals surface area contributed by atoms with Crippen LogP contribution in [0.1, 0.15) is 5.56 Å². The quantitative estimate of drug-likeness (QED) is 0.521. The van der Waals surface area contributed by atoms with Crippen LogP contribution in [0.2, 0.25) is 0 Å². The Hall–Kier alpha value is -1.53. The highest BCUT2D eigenvalue weighted by atomic mass is 16.0. The van der Waals surface area contributed by atoms with Crippen LogP contribution in [-0.4, -0.2) is 5.48 Å². The largest absolute Gasteiger partial charge is 0.412 e. The van der Waals surface area contributed by atoms with E-state index in [0.717, 1.165) is 0 Å². The van der Waals surface area contributed by atoms with Gasteiger partial charge in [0.2, 0.25) is 0 Å². The fourth-order valence-electron chi connectivity index (χ4n) is 0.558. The first-order chi connectivity index (χ1) is 4.33. The molecule has 0 aliphatic rings. The van der Waals surface area contributed by atoms with Crippen molar-refractivity contribution >= 4 is 5.69 Å². The summed E-state index contributed by atoms with van der Waals surface area (Å²) in [6.45, 7) is 0. The Balaban J connectivity index is 0.000000810. The predicted octanol–water partition coefficient (Wildman–Crippen LogP) is 0.316. The van der Waals surface area contributed by atoms with Gasteiger partial charge in [-0.05, 0) is 24.3 Å². The zero-order chi connectivity index (χ0) is 6.69. The van der Waals surface area contributed by atoms with Crippen molar-refractivity contribution in [2.75, 3.05) is 5.73 Å². The van der Waals surface area contributed by atoms with Gasteiger partial charge in [-0.15, -0.1) is 0 Å². The zero-order valence-corrected chi connectivity index (χ0v) is 5.33. The Labute approximate surface area is 59.0 Å². The minimum atomic E-state index is 0. The Morgan fingerprint density at radius 2 is 1.70 bits per heavy atom. The van der Waals surface area contributed by atoms with Crippen molar-refractivity contribution in [3.8, 4) is 6.07 Å². The molecule has 10 heavy (non-hydrogen) atoms. The molecule has 0 saturated carbocycles. The van der Waals surface area contributed by atoms with Crippen LogP contribution in [0.4, 0.5) is 5.69 Å². The third-order valence-electron chi connectivity index (χ3n) is 1.04. The molecule has 3 nitrogen and oxygen atoms in total. The first-order valence-electron chi connectivity index (χ1n) is 2.58. The van der Waals surface area contributed by atoms with Crippen LogP contribution in [0.5, 0.6) is 0 Å². The smallest absolute Gasteiger partial charge is 0.0991 e. The van der Waals surface area contributed by atoms with E-state index in [1.807, 2.05) is 6.07 Å². The summed E-state index contributed by atoms with van der Waals surface area (Å²) >= 11 is 0. The number of nitrogens with zero attached hydrogens (tertiary/aromatic N) is 1. The average Bonchev–Trinajstić information content (AvgIpc) is 1.90. The second kappa shape index (κ2) is 3.49. The van der Waals surface area contributed by atoms with Crippen molar-refractivity contribution in [1.29, 1.82) is 5.26 Å². The normalized spacial score (nSPS) is 7.50. The van der Waals surface area contributed by atoms with E-state index >= 15 is 0 Å². The minimum Gasteiger partial charge on any atom is -0.412 e. The van der Waals surface area contributed by atoms with Gasteiger partial charge in [0.15, 0.2) is 0 Å². The van der Waals surface area contributed by atoms with Gasteiger partial charge in [0.05, 0.1) is 11.6 Å². The molecule has 0 atom stereocenters. The second-order valence-electron chi connectivity index (χ2n) is 1.73. The highest BCUT2D eigenvalue weighted by Crippen LogP contribution is 2.02. The fourth-order valence-corrected chi connectivity index (χ4v) is 0.558. The lowest BCUT2D eigenvalue weighted by Gasteiger charge is -1.88. The Bertz CT molecular complexity index is 235. The van der Waals surface area contributed by atoms with Crippen LogP contribution in [0.15, 0.2) is 24.3 Å². The van der Waals surface area contributed by atoms with E-state index in [2.05, 4.69) is 0 Å². The van der Waals surface area contributed by atoms with E-state index in [1.54, 1.807) is 24.3 Å². The maximum Gasteiger partial charge on any atom is 0.0991 e. The Morgan fingerprint density at radius 1 is 1.20 bits per heavy atom. The number of rotatable bonds is 0. The molecular formula is C7H8N2O. The van der Waals surface area contributed by atoms with Crippen LogP contribution in [0.3, 0.4) is 0 Å². The lowest BCUT2D eigenvalue weighted by Crippen LogP contribution is -1.82. The molecule has 0 aromatic heterocycles. The van der Waals surface area contributed by atoms with E-state index < -0.39 is 0 Å². The number of hydrogen-bond donors (Lipinski definition) is 1. The first-order valence-corrected chi connectivity index (χ1v) is 2.58. The summed E-state index contributed by atoms with van der Waals surface area (Å²) in [7, 11) is 0. The van der Waals surface area contributed by atoms with Crippen LogP contribution >= 0.6 is 0 Å². The molecule has 52 valence electrons. The molecule has 1 aromatic carbocycles. The highest BCUT2D eigenvalue weighted by Gasteiger charge is 1.85. The highest BCUT2D eigenvalue weighted by molar-refractivity contribution is 5.42. The molecule has 4 N–H and O–H groups in total. The molecule has 0 spiro atoms. The maximum absolute atomic E-state index is 8.34. The number of nitriles is 1. The number of nitrogens with two attached hydrogens (primary N) is 1. The summed E-state index contributed by atoms with van der Waals surface area (Å²) in [5, 5.41) is 8.34. The van der Waals surface area contributed by atoms with Gasteiger partial charge >= 0.3 is 0 Å². The monoisotopic (exact) mass is 136 g/mol. The molecule has 0 aliphatic carbocycles. The lowest BCUT2D eigenvalue weighted by atomic mass is 10.2. The van der Waals surface area contributed by atoms with Crippen LogP contribution in [0, 0.1) is 11.3 Å². The second-order valence-corrected chi connectivity index (χ2v) is 1.73. The molecule has 0 radical (unpaired) electrons. The number of anilines is 1. The standard InChI is InChI=1S/C7H6N2.H2O/c8-5-6-1-3-7(9)4-2-6;/h1-4H,9H2;1H2. The van der Waals surface area contributed by atoms with Crippen molar-refractivity contribution in [1.82, 2.24) is 0 Å². The van der Waals surface area contributed by atoms with E-state index in [4.69, 9.17) is 11.0 Å². The van der Waals surface area contributed by atoms with Crippen molar-refractivity contribution in [3.63, 3.8) is 0 Å². The van der Waals surface area contributed by atoms with Gasteiger partial charge in [-0.3, -0.25) is 0 Å².